The Kier molecular flexibility index (Phi) is 0.815. The molecule has 5 aliphatic carbocycles. The molecule has 0 aromatic carbocycles. The van der Waals surface area contributed by atoms with E-state index >= 15 is 0 Å². The van der Waals surface area contributed by atoms with Crippen molar-refractivity contribution in [2.24, 2.45) is 35.5 Å². The molecule has 0 aromatic rings. The van der Waals surface area contributed by atoms with Crippen molar-refractivity contribution in [3.05, 3.63) is 0 Å². The van der Waals surface area contributed by atoms with Crippen molar-refractivity contribution in [3.8, 4) is 0 Å². The zero-order valence-corrected chi connectivity index (χ0v) is 7.89. The Hall–Kier alpha value is -0.120. The monoisotopic (exact) mass is 194 g/mol. The van der Waals surface area contributed by atoms with E-state index in [2.05, 4.69) is 0 Å². The molecule has 0 radical (unpaired) electrons. The first kappa shape index (κ1) is 7.20. The van der Waals surface area contributed by atoms with Gasteiger partial charge in [0.2, 0.25) is 0 Å². The lowest BCUT2D eigenvalue weighted by Gasteiger charge is -2.39. The summed E-state index contributed by atoms with van der Waals surface area (Å²) in [5.74, 6) is 3.71. The number of rotatable bonds is 0. The van der Waals surface area contributed by atoms with E-state index in [0.717, 1.165) is 17.8 Å². The molecule has 8 atom stereocenters. The Morgan fingerprint density at radius 1 is 0.929 bits per heavy atom. The summed E-state index contributed by atoms with van der Waals surface area (Å²) in [6.45, 7) is 0.744. The van der Waals surface area contributed by atoms with Crippen molar-refractivity contribution >= 4 is 0 Å². The molecule has 5 saturated carbocycles. The smallest absolute Gasteiger partial charge is 0.122 e. The molecule has 0 spiro atoms. The second-order valence-electron chi connectivity index (χ2n) is 6.11. The van der Waals surface area contributed by atoms with E-state index in [0.29, 0.717) is 31.0 Å². The van der Waals surface area contributed by atoms with Gasteiger partial charge in [0, 0.05) is 0 Å². The molecule has 6 fully saturated rings. The summed E-state index contributed by atoms with van der Waals surface area (Å²) in [4.78, 5) is 0. The van der Waals surface area contributed by atoms with Crippen LogP contribution < -0.4 is 0 Å². The second-order valence-corrected chi connectivity index (χ2v) is 6.11. The largest absolute Gasteiger partial charge is 0.384 e. The topological polar surface area (TPSA) is 49.7 Å². The summed E-state index contributed by atoms with van der Waals surface area (Å²) in [7, 11) is 0. The highest BCUT2D eigenvalue weighted by Gasteiger charge is 2.89. The molecular formula is C11H14O3. The standard InChI is InChI=1S/C11H14O3/c12-10-2-14-3-11(10,13)9-5-1-4-6(7(4)9)8(5)10/h4-9,12-13H,1-3H2/t4?,5?,6?,7?,8?,9?,10-,11+. The quantitative estimate of drug-likeness (QED) is 0.552. The lowest BCUT2D eigenvalue weighted by molar-refractivity contribution is -0.150. The molecule has 1 saturated heterocycles. The van der Waals surface area contributed by atoms with Crippen LogP contribution in [0.15, 0.2) is 0 Å². The van der Waals surface area contributed by atoms with E-state index < -0.39 is 11.2 Å². The summed E-state index contributed by atoms with van der Waals surface area (Å²) in [6, 6.07) is 0. The lowest BCUT2D eigenvalue weighted by atomic mass is 9.74. The van der Waals surface area contributed by atoms with Gasteiger partial charge in [-0.2, -0.15) is 0 Å². The minimum atomic E-state index is -0.880. The van der Waals surface area contributed by atoms with Crippen LogP contribution >= 0.6 is 0 Å². The summed E-state index contributed by atoms with van der Waals surface area (Å²) in [6.07, 6.45) is 1.27. The molecule has 1 heterocycles. The van der Waals surface area contributed by atoms with Crippen LogP contribution in [0.2, 0.25) is 0 Å². The first-order valence-corrected chi connectivity index (χ1v) is 5.71. The molecule has 0 amide bonds. The van der Waals surface area contributed by atoms with Gasteiger partial charge in [0.05, 0.1) is 13.2 Å². The van der Waals surface area contributed by atoms with Crippen LogP contribution in [0.3, 0.4) is 0 Å². The fourth-order valence-corrected chi connectivity index (χ4v) is 5.88. The number of hydrogen-bond donors (Lipinski definition) is 2. The van der Waals surface area contributed by atoms with Crippen LogP contribution in [0.4, 0.5) is 0 Å². The van der Waals surface area contributed by atoms with Crippen LogP contribution in [0.25, 0.3) is 0 Å². The third-order valence-corrected chi connectivity index (χ3v) is 6.09. The van der Waals surface area contributed by atoms with E-state index in [4.69, 9.17) is 4.74 Å². The Labute approximate surface area is 82.1 Å². The highest BCUT2D eigenvalue weighted by molar-refractivity contribution is 5.37. The molecule has 14 heavy (non-hydrogen) atoms. The molecule has 1 aliphatic heterocycles. The van der Waals surface area contributed by atoms with Crippen LogP contribution in [0.1, 0.15) is 6.42 Å². The van der Waals surface area contributed by atoms with E-state index in [-0.39, 0.29) is 0 Å². The average molecular weight is 194 g/mol. The lowest BCUT2D eigenvalue weighted by Crippen LogP contribution is -2.58. The van der Waals surface area contributed by atoms with Gasteiger partial charge in [-0.15, -0.1) is 0 Å². The fraction of sp³-hybridized carbons (Fsp3) is 1.00. The SMILES string of the molecule is O[C@@]12COC[C@]1(O)C1C3CC4C(C41)C32. The van der Waals surface area contributed by atoms with Gasteiger partial charge in [0.15, 0.2) is 0 Å². The minimum Gasteiger partial charge on any atom is -0.384 e. The normalized spacial score (nSPS) is 81.0. The van der Waals surface area contributed by atoms with E-state index in [9.17, 15) is 10.2 Å². The maximum absolute atomic E-state index is 10.6. The maximum Gasteiger partial charge on any atom is 0.122 e. The molecule has 0 aromatic heterocycles. The van der Waals surface area contributed by atoms with Gasteiger partial charge >= 0.3 is 0 Å². The third kappa shape index (κ3) is 0.406. The first-order valence-electron chi connectivity index (χ1n) is 5.71. The molecule has 6 unspecified atom stereocenters. The molecule has 6 rings (SSSR count). The van der Waals surface area contributed by atoms with E-state index in [1.807, 2.05) is 0 Å². The molecule has 6 bridgehead atoms. The van der Waals surface area contributed by atoms with Crippen molar-refractivity contribution < 1.29 is 14.9 Å². The summed E-state index contributed by atoms with van der Waals surface area (Å²) >= 11 is 0. The van der Waals surface area contributed by atoms with Crippen molar-refractivity contribution in [3.63, 3.8) is 0 Å². The van der Waals surface area contributed by atoms with Crippen molar-refractivity contribution in [1.29, 1.82) is 0 Å². The second kappa shape index (κ2) is 1.58. The van der Waals surface area contributed by atoms with Gasteiger partial charge in [-0.25, -0.2) is 0 Å². The first-order chi connectivity index (χ1) is 6.68. The molecule has 76 valence electrons. The fourth-order valence-electron chi connectivity index (χ4n) is 5.88. The predicted molar refractivity (Wildman–Crippen MR) is 46.3 cm³/mol. The average Bonchev–Trinajstić information content (AvgIpc) is 2.62. The van der Waals surface area contributed by atoms with Crippen LogP contribution in [-0.4, -0.2) is 34.6 Å². The van der Waals surface area contributed by atoms with Gasteiger partial charge < -0.3 is 14.9 Å². The Bertz CT molecular complexity index is 326. The third-order valence-electron chi connectivity index (χ3n) is 6.09. The molecule has 2 N–H and O–H groups in total. The van der Waals surface area contributed by atoms with E-state index in [1.165, 1.54) is 6.42 Å². The number of ether oxygens (including phenoxy) is 1. The summed E-state index contributed by atoms with van der Waals surface area (Å²) in [5, 5.41) is 21.2. The number of aliphatic hydroxyl groups is 2. The predicted octanol–water partition coefficient (Wildman–Crippen LogP) is -0.380. The Balaban J connectivity index is 1.79. The van der Waals surface area contributed by atoms with Gasteiger partial charge in [0.1, 0.15) is 11.2 Å². The Morgan fingerprint density at radius 3 is 2.00 bits per heavy atom. The van der Waals surface area contributed by atoms with Gasteiger partial charge in [-0.05, 0) is 41.9 Å². The molecular weight excluding hydrogens is 180 g/mol. The van der Waals surface area contributed by atoms with Gasteiger partial charge in [-0.1, -0.05) is 0 Å². The van der Waals surface area contributed by atoms with Gasteiger partial charge in [0.25, 0.3) is 0 Å². The highest BCUT2D eigenvalue weighted by Crippen LogP contribution is 2.85. The van der Waals surface area contributed by atoms with E-state index in [1.54, 1.807) is 0 Å². The summed E-state index contributed by atoms with van der Waals surface area (Å²) in [5.41, 5.74) is -1.76. The molecule has 3 nitrogen and oxygen atoms in total. The van der Waals surface area contributed by atoms with Crippen LogP contribution in [0, 0.1) is 35.5 Å². The zero-order valence-electron chi connectivity index (χ0n) is 7.89. The molecule has 6 aliphatic rings. The number of fused-ring (bicyclic) bond motifs is 1. The van der Waals surface area contributed by atoms with Crippen molar-refractivity contribution in [2.75, 3.05) is 13.2 Å². The Morgan fingerprint density at radius 2 is 1.50 bits per heavy atom. The van der Waals surface area contributed by atoms with Crippen LogP contribution in [-0.2, 0) is 4.74 Å². The maximum atomic E-state index is 10.6. The summed E-state index contributed by atoms with van der Waals surface area (Å²) < 4.78 is 5.33. The van der Waals surface area contributed by atoms with Crippen LogP contribution in [0.5, 0.6) is 0 Å². The zero-order chi connectivity index (χ0) is 9.29. The minimum absolute atomic E-state index is 0.370. The number of hydrogen-bond acceptors (Lipinski definition) is 3. The van der Waals surface area contributed by atoms with Crippen molar-refractivity contribution in [2.45, 2.75) is 17.6 Å². The van der Waals surface area contributed by atoms with Gasteiger partial charge in [-0.3, -0.25) is 0 Å². The van der Waals surface area contributed by atoms with Crippen molar-refractivity contribution in [1.82, 2.24) is 0 Å². The highest BCUT2D eigenvalue weighted by atomic mass is 16.5. The molecule has 3 heteroatoms.